The minimum absolute atomic E-state index is 0.0977. The Balaban J connectivity index is 2.03. The van der Waals surface area contributed by atoms with Crippen LogP contribution in [0.1, 0.15) is 12.5 Å². The van der Waals surface area contributed by atoms with E-state index in [1.54, 1.807) is 10.9 Å². The summed E-state index contributed by atoms with van der Waals surface area (Å²) < 4.78 is 6.84. The highest BCUT2D eigenvalue weighted by Crippen LogP contribution is 2.12. The number of amides is 1. The quantitative estimate of drug-likeness (QED) is 0.855. The van der Waals surface area contributed by atoms with Crippen molar-refractivity contribution >= 4 is 5.91 Å². The molecule has 0 spiro atoms. The number of nitrogens with one attached hydrogen (secondary N) is 1. The maximum Gasteiger partial charge on any atom is 0.246 e. The van der Waals surface area contributed by atoms with Gasteiger partial charge in [0.05, 0.1) is 5.69 Å². The number of benzene rings is 1. The number of aromatic nitrogens is 2. The summed E-state index contributed by atoms with van der Waals surface area (Å²) in [5, 5.41) is 7.03. The van der Waals surface area contributed by atoms with Crippen LogP contribution in [0.5, 0.6) is 0 Å². The Morgan fingerprint density at radius 2 is 2.21 bits per heavy atom. The largest absolute Gasteiger partial charge is 0.372 e. The van der Waals surface area contributed by atoms with Gasteiger partial charge in [-0.05, 0) is 24.6 Å². The first-order valence-corrected chi connectivity index (χ1v) is 6.23. The molecule has 19 heavy (non-hydrogen) atoms. The van der Waals surface area contributed by atoms with Crippen LogP contribution < -0.4 is 5.32 Å². The van der Waals surface area contributed by atoms with Crippen LogP contribution in [0, 0.1) is 0 Å². The van der Waals surface area contributed by atoms with Crippen molar-refractivity contribution in [3.63, 3.8) is 0 Å². The second-order valence-corrected chi connectivity index (χ2v) is 3.99. The third-order valence-corrected chi connectivity index (χ3v) is 2.66. The molecule has 1 amide bonds. The first-order valence-electron chi connectivity index (χ1n) is 6.23. The predicted molar refractivity (Wildman–Crippen MR) is 71.9 cm³/mol. The Morgan fingerprint density at radius 1 is 1.37 bits per heavy atom. The van der Waals surface area contributed by atoms with Crippen molar-refractivity contribution in [3.05, 3.63) is 48.3 Å². The van der Waals surface area contributed by atoms with Gasteiger partial charge < -0.3 is 10.1 Å². The summed E-state index contributed by atoms with van der Waals surface area (Å²) in [7, 11) is 0. The lowest BCUT2D eigenvalue weighted by Gasteiger charge is -2.10. The molecule has 1 aromatic heterocycles. The SMILES string of the molecule is CCOCC(=O)NCc1ccccc1-n1cccn1. The Morgan fingerprint density at radius 3 is 2.95 bits per heavy atom. The molecular weight excluding hydrogens is 242 g/mol. The van der Waals surface area contributed by atoms with Crippen LogP contribution in [0.3, 0.4) is 0 Å². The molecule has 1 N–H and O–H groups in total. The van der Waals surface area contributed by atoms with Gasteiger partial charge in [-0.1, -0.05) is 18.2 Å². The molecular formula is C14H17N3O2. The molecule has 0 aliphatic heterocycles. The summed E-state index contributed by atoms with van der Waals surface area (Å²) in [5.74, 6) is -0.114. The van der Waals surface area contributed by atoms with Gasteiger partial charge in [0.1, 0.15) is 6.61 Å². The molecule has 0 radical (unpaired) electrons. The van der Waals surface area contributed by atoms with Crippen LogP contribution in [0.15, 0.2) is 42.7 Å². The molecule has 5 nitrogen and oxygen atoms in total. The lowest BCUT2D eigenvalue weighted by Crippen LogP contribution is -2.27. The number of ether oxygens (including phenoxy) is 1. The predicted octanol–water partition coefficient (Wildman–Crippen LogP) is 1.52. The van der Waals surface area contributed by atoms with Crippen LogP contribution in [-0.4, -0.2) is 28.9 Å². The molecule has 1 heterocycles. The molecule has 2 rings (SSSR count). The average molecular weight is 259 g/mol. The van der Waals surface area contributed by atoms with Crippen molar-refractivity contribution in [2.75, 3.05) is 13.2 Å². The third kappa shape index (κ3) is 3.66. The summed E-state index contributed by atoms with van der Waals surface area (Å²) >= 11 is 0. The second kappa shape index (κ2) is 6.70. The minimum Gasteiger partial charge on any atom is -0.372 e. The number of hydrogen-bond acceptors (Lipinski definition) is 3. The lowest BCUT2D eigenvalue weighted by molar-refractivity contribution is -0.125. The van der Waals surface area contributed by atoms with E-state index in [0.717, 1.165) is 11.3 Å². The van der Waals surface area contributed by atoms with Crippen molar-refractivity contribution in [1.29, 1.82) is 0 Å². The first kappa shape index (κ1) is 13.3. The molecule has 1 aromatic carbocycles. The van der Waals surface area contributed by atoms with Crippen LogP contribution >= 0.6 is 0 Å². The average Bonchev–Trinajstić information content (AvgIpc) is 2.97. The van der Waals surface area contributed by atoms with E-state index in [2.05, 4.69) is 10.4 Å². The van der Waals surface area contributed by atoms with E-state index >= 15 is 0 Å². The molecule has 2 aromatic rings. The number of para-hydroxylation sites is 1. The van der Waals surface area contributed by atoms with Gasteiger partial charge in [-0.25, -0.2) is 4.68 Å². The maximum atomic E-state index is 11.5. The van der Waals surface area contributed by atoms with E-state index < -0.39 is 0 Å². The van der Waals surface area contributed by atoms with Gasteiger partial charge in [-0.2, -0.15) is 5.10 Å². The monoisotopic (exact) mass is 259 g/mol. The fraction of sp³-hybridized carbons (Fsp3) is 0.286. The highest BCUT2D eigenvalue weighted by molar-refractivity contribution is 5.77. The van der Waals surface area contributed by atoms with Gasteiger partial charge in [-0.15, -0.1) is 0 Å². The van der Waals surface area contributed by atoms with Crippen LogP contribution in [0.2, 0.25) is 0 Å². The summed E-state index contributed by atoms with van der Waals surface area (Å²) in [6.07, 6.45) is 3.60. The van der Waals surface area contributed by atoms with E-state index in [0.29, 0.717) is 13.2 Å². The Kier molecular flexibility index (Phi) is 4.69. The third-order valence-electron chi connectivity index (χ3n) is 2.66. The standard InChI is InChI=1S/C14H17N3O2/c1-2-19-11-14(18)15-10-12-6-3-4-7-13(12)17-9-5-8-16-17/h3-9H,2,10-11H2,1H3,(H,15,18). The van der Waals surface area contributed by atoms with Gasteiger partial charge in [0.25, 0.3) is 0 Å². The molecule has 0 saturated heterocycles. The molecule has 0 fully saturated rings. The highest BCUT2D eigenvalue weighted by Gasteiger charge is 2.06. The fourth-order valence-electron chi connectivity index (χ4n) is 1.73. The van der Waals surface area contributed by atoms with Crippen LogP contribution in [-0.2, 0) is 16.1 Å². The summed E-state index contributed by atoms with van der Waals surface area (Å²) in [6.45, 7) is 2.96. The Hall–Kier alpha value is -2.14. The van der Waals surface area contributed by atoms with Crippen molar-refractivity contribution in [1.82, 2.24) is 15.1 Å². The number of hydrogen-bond donors (Lipinski definition) is 1. The van der Waals surface area contributed by atoms with Gasteiger partial charge in [0, 0.05) is 25.5 Å². The van der Waals surface area contributed by atoms with Gasteiger partial charge in [0.2, 0.25) is 5.91 Å². The van der Waals surface area contributed by atoms with Crippen molar-refractivity contribution in [2.24, 2.45) is 0 Å². The topological polar surface area (TPSA) is 56.1 Å². The van der Waals surface area contributed by atoms with Gasteiger partial charge >= 0.3 is 0 Å². The molecule has 0 atom stereocenters. The Labute approximate surface area is 112 Å². The van der Waals surface area contributed by atoms with Crippen molar-refractivity contribution in [2.45, 2.75) is 13.5 Å². The normalized spacial score (nSPS) is 10.4. The second-order valence-electron chi connectivity index (χ2n) is 3.99. The van der Waals surface area contributed by atoms with E-state index in [9.17, 15) is 4.79 Å². The lowest BCUT2D eigenvalue weighted by atomic mass is 10.2. The van der Waals surface area contributed by atoms with Gasteiger partial charge in [0.15, 0.2) is 0 Å². The first-order chi connectivity index (χ1) is 9.31. The molecule has 0 unspecified atom stereocenters. The van der Waals surface area contributed by atoms with Crippen LogP contribution in [0.4, 0.5) is 0 Å². The van der Waals surface area contributed by atoms with E-state index in [1.165, 1.54) is 0 Å². The maximum absolute atomic E-state index is 11.5. The van der Waals surface area contributed by atoms with Gasteiger partial charge in [-0.3, -0.25) is 4.79 Å². The van der Waals surface area contributed by atoms with Crippen molar-refractivity contribution in [3.8, 4) is 5.69 Å². The van der Waals surface area contributed by atoms with E-state index in [1.807, 2.05) is 43.5 Å². The zero-order valence-electron chi connectivity index (χ0n) is 10.9. The summed E-state index contributed by atoms with van der Waals surface area (Å²) in [6, 6.07) is 9.69. The minimum atomic E-state index is -0.114. The van der Waals surface area contributed by atoms with E-state index in [-0.39, 0.29) is 12.5 Å². The Bertz CT molecular complexity index is 523. The number of rotatable bonds is 6. The molecule has 0 bridgehead atoms. The van der Waals surface area contributed by atoms with Crippen LogP contribution in [0.25, 0.3) is 5.69 Å². The molecule has 0 aliphatic carbocycles. The molecule has 0 aliphatic rings. The number of carbonyl (C=O) groups excluding carboxylic acids is 1. The number of nitrogens with zero attached hydrogens (tertiary/aromatic N) is 2. The number of carbonyl (C=O) groups is 1. The summed E-state index contributed by atoms with van der Waals surface area (Å²) in [4.78, 5) is 11.5. The van der Waals surface area contributed by atoms with Crippen molar-refractivity contribution < 1.29 is 9.53 Å². The van der Waals surface area contributed by atoms with E-state index in [4.69, 9.17) is 4.74 Å². The zero-order chi connectivity index (χ0) is 13.5. The fourth-order valence-corrected chi connectivity index (χ4v) is 1.73. The molecule has 0 saturated carbocycles. The smallest absolute Gasteiger partial charge is 0.246 e. The summed E-state index contributed by atoms with van der Waals surface area (Å²) in [5.41, 5.74) is 1.97. The highest BCUT2D eigenvalue weighted by atomic mass is 16.5. The molecule has 100 valence electrons. The molecule has 5 heteroatoms. The zero-order valence-corrected chi connectivity index (χ0v) is 10.9.